The number of aliphatic carboxylic acids is 1. The Morgan fingerprint density at radius 2 is 1.82 bits per heavy atom. The number of carboxylic acids is 1. The first kappa shape index (κ1) is 18.2. The summed E-state index contributed by atoms with van der Waals surface area (Å²) < 4.78 is 2.00. The summed E-state index contributed by atoms with van der Waals surface area (Å²) in [4.78, 5) is 28.7. The number of anilines is 1. The zero-order valence-electron chi connectivity index (χ0n) is 15.8. The maximum Gasteiger partial charge on any atom is 0.307 e. The molecule has 6 heteroatoms. The maximum atomic E-state index is 12.6. The van der Waals surface area contributed by atoms with Gasteiger partial charge < -0.3 is 14.8 Å². The number of rotatable bonds is 4. The minimum absolute atomic E-state index is 0.205. The molecule has 0 spiro atoms. The zero-order chi connectivity index (χ0) is 19.7. The molecule has 0 radical (unpaired) electrons. The van der Waals surface area contributed by atoms with E-state index in [4.69, 9.17) is 0 Å². The van der Waals surface area contributed by atoms with E-state index in [1.807, 2.05) is 60.1 Å². The summed E-state index contributed by atoms with van der Waals surface area (Å²) in [7, 11) is 0. The van der Waals surface area contributed by atoms with Crippen molar-refractivity contribution in [2.75, 3.05) is 5.32 Å². The highest BCUT2D eigenvalue weighted by molar-refractivity contribution is 5.95. The summed E-state index contributed by atoms with van der Waals surface area (Å²) in [6.07, 6.45) is 6.91. The molecule has 0 aliphatic heterocycles. The number of hydrogen-bond donors (Lipinski definition) is 2. The Balaban J connectivity index is 1.50. The molecule has 4 rings (SSSR count). The van der Waals surface area contributed by atoms with Crippen LogP contribution in [0.3, 0.4) is 0 Å². The van der Waals surface area contributed by atoms with Gasteiger partial charge in [0, 0.05) is 23.6 Å². The Bertz CT molecular complexity index is 1020. The number of amides is 1. The first-order valence-corrected chi connectivity index (χ1v) is 9.61. The summed E-state index contributed by atoms with van der Waals surface area (Å²) in [6.45, 7) is 2.03. The Morgan fingerprint density at radius 3 is 2.50 bits per heavy atom. The van der Waals surface area contributed by atoms with Crippen LogP contribution < -0.4 is 5.32 Å². The van der Waals surface area contributed by atoms with Crippen molar-refractivity contribution in [3.63, 3.8) is 0 Å². The van der Waals surface area contributed by atoms with Crippen LogP contribution in [0.15, 0.2) is 48.8 Å². The van der Waals surface area contributed by atoms with Crippen molar-refractivity contribution in [2.24, 2.45) is 11.8 Å². The Labute approximate surface area is 163 Å². The van der Waals surface area contributed by atoms with Gasteiger partial charge in [-0.15, -0.1) is 0 Å². The van der Waals surface area contributed by atoms with Gasteiger partial charge in [-0.3, -0.25) is 9.59 Å². The summed E-state index contributed by atoms with van der Waals surface area (Å²) >= 11 is 0. The number of hydrogen-bond acceptors (Lipinski definition) is 3. The number of imidazole rings is 1. The lowest BCUT2D eigenvalue weighted by atomic mass is 9.78. The molecule has 1 amide bonds. The predicted molar refractivity (Wildman–Crippen MR) is 107 cm³/mol. The first-order valence-electron chi connectivity index (χ1n) is 9.61. The topological polar surface area (TPSA) is 83.7 Å². The van der Waals surface area contributed by atoms with Crippen molar-refractivity contribution in [3.8, 4) is 11.3 Å². The fourth-order valence-corrected chi connectivity index (χ4v) is 3.99. The van der Waals surface area contributed by atoms with Crippen LogP contribution in [-0.4, -0.2) is 26.4 Å². The van der Waals surface area contributed by atoms with Crippen LogP contribution >= 0.6 is 0 Å². The van der Waals surface area contributed by atoms with E-state index >= 15 is 0 Å². The molecule has 2 aromatic heterocycles. The fourth-order valence-electron chi connectivity index (χ4n) is 3.99. The van der Waals surface area contributed by atoms with Crippen LogP contribution in [0.1, 0.15) is 31.2 Å². The normalized spacial score (nSPS) is 19.5. The molecule has 1 aliphatic carbocycles. The lowest BCUT2D eigenvalue weighted by Crippen LogP contribution is -2.36. The molecule has 2 atom stereocenters. The number of carbonyl (C=O) groups is 2. The molecule has 28 heavy (non-hydrogen) atoms. The number of aromatic nitrogens is 2. The Kier molecular flexibility index (Phi) is 4.86. The lowest BCUT2D eigenvalue weighted by Gasteiger charge is -2.27. The van der Waals surface area contributed by atoms with Crippen LogP contribution in [0.5, 0.6) is 0 Å². The Morgan fingerprint density at radius 1 is 1.11 bits per heavy atom. The van der Waals surface area contributed by atoms with Gasteiger partial charge in [0.15, 0.2) is 0 Å². The van der Waals surface area contributed by atoms with E-state index in [1.54, 1.807) is 0 Å². The van der Waals surface area contributed by atoms with Crippen molar-refractivity contribution < 1.29 is 14.7 Å². The number of carboxylic acid groups (broad SMARTS) is 1. The highest BCUT2D eigenvalue weighted by Crippen LogP contribution is 2.31. The van der Waals surface area contributed by atoms with E-state index < -0.39 is 17.8 Å². The number of aryl methyl sites for hydroxylation is 1. The second-order valence-electron chi connectivity index (χ2n) is 7.45. The molecule has 2 N–H and O–H groups in total. The smallest absolute Gasteiger partial charge is 0.307 e. The van der Waals surface area contributed by atoms with Crippen LogP contribution in [0.25, 0.3) is 16.9 Å². The maximum absolute atomic E-state index is 12.6. The molecule has 1 aromatic carbocycles. The quantitative estimate of drug-likeness (QED) is 0.716. The van der Waals surface area contributed by atoms with E-state index in [1.165, 1.54) is 0 Å². The van der Waals surface area contributed by atoms with Crippen LogP contribution in [-0.2, 0) is 9.59 Å². The molecule has 144 valence electrons. The molecule has 0 saturated heterocycles. The Hall–Kier alpha value is -3.15. The number of fused-ring (bicyclic) bond motifs is 1. The van der Waals surface area contributed by atoms with E-state index in [9.17, 15) is 14.7 Å². The van der Waals surface area contributed by atoms with Gasteiger partial charge in [0.05, 0.1) is 17.5 Å². The summed E-state index contributed by atoms with van der Waals surface area (Å²) in [5, 5.41) is 12.3. The third-order valence-electron chi connectivity index (χ3n) is 5.55. The van der Waals surface area contributed by atoms with Gasteiger partial charge in [-0.2, -0.15) is 0 Å². The van der Waals surface area contributed by atoms with Crippen LogP contribution in [0.2, 0.25) is 0 Å². The number of nitrogens with one attached hydrogen (secondary N) is 1. The molecule has 1 saturated carbocycles. The van der Waals surface area contributed by atoms with Gasteiger partial charge in [0.25, 0.3) is 0 Å². The zero-order valence-corrected chi connectivity index (χ0v) is 15.8. The number of benzene rings is 1. The monoisotopic (exact) mass is 377 g/mol. The molecule has 1 aliphatic rings. The average Bonchev–Trinajstić information content (AvgIpc) is 3.14. The van der Waals surface area contributed by atoms with Crippen molar-refractivity contribution in [2.45, 2.75) is 32.6 Å². The van der Waals surface area contributed by atoms with Crippen LogP contribution in [0.4, 0.5) is 5.69 Å². The predicted octanol–water partition coefficient (Wildman–Crippen LogP) is 4.14. The van der Waals surface area contributed by atoms with E-state index in [0.29, 0.717) is 18.5 Å². The van der Waals surface area contributed by atoms with Crippen LogP contribution in [0, 0.1) is 18.8 Å². The minimum atomic E-state index is -0.877. The molecule has 0 bridgehead atoms. The summed E-state index contributed by atoms with van der Waals surface area (Å²) in [5.41, 5.74) is 4.53. The van der Waals surface area contributed by atoms with Gasteiger partial charge in [-0.05, 0) is 43.5 Å². The van der Waals surface area contributed by atoms with Gasteiger partial charge >= 0.3 is 5.97 Å². The average molecular weight is 377 g/mol. The van der Waals surface area contributed by atoms with Crippen molar-refractivity contribution in [1.82, 2.24) is 9.38 Å². The third-order valence-corrected chi connectivity index (χ3v) is 5.55. The third kappa shape index (κ3) is 3.50. The van der Waals surface area contributed by atoms with Gasteiger partial charge in [0.2, 0.25) is 5.91 Å². The van der Waals surface area contributed by atoms with Crippen molar-refractivity contribution in [1.29, 1.82) is 0 Å². The SMILES string of the molecule is Cc1cccn2cc(-c3ccc(NC(=O)C4CCCCC4C(=O)O)cc3)nc12. The second kappa shape index (κ2) is 7.46. The highest BCUT2D eigenvalue weighted by Gasteiger charge is 2.35. The van der Waals surface area contributed by atoms with Gasteiger partial charge in [0.1, 0.15) is 5.65 Å². The second-order valence-corrected chi connectivity index (χ2v) is 7.45. The number of pyridine rings is 1. The molecule has 6 nitrogen and oxygen atoms in total. The summed E-state index contributed by atoms with van der Waals surface area (Å²) in [6, 6.07) is 11.5. The van der Waals surface area contributed by atoms with Crippen molar-refractivity contribution >= 4 is 23.2 Å². The standard InChI is InChI=1S/C22H23N3O3/c1-14-5-4-12-25-13-19(24-20(14)25)15-8-10-16(11-9-15)23-21(26)17-6-2-3-7-18(17)22(27)28/h4-5,8-13,17-18H,2-3,6-7H2,1H3,(H,23,26)(H,27,28). The number of nitrogens with zero attached hydrogens (tertiary/aromatic N) is 2. The number of carbonyl (C=O) groups excluding carboxylic acids is 1. The van der Waals surface area contributed by atoms with Gasteiger partial charge in [-0.25, -0.2) is 4.98 Å². The van der Waals surface area contributed by atoms with Crippen molar-refractivity contribution in [3.05, 3.63) is 54.4 Å². The molecular weight excluding hydrogens is 354 g/mol. The largest absolute Gasteiger partial charge is 0.481 e. The molecular formula is C22H23N3O3. The molecule has 1 fully saturated rings. The van der Waals surface area contributed by atoms with E-state index in [-0.39, 0.29) is 5.91 Å². The van der Waals surface area contributed by atoms with Gasteiger partial charge in [-0.1, -0.05) is 31.0 Å². The van der Waals surface area contributed by atoms with E-state index in [0.717, 1.165) is 35.3 Å². The fraction of sp³-hybridized carbons (Fsp3) is 0.318. The molecule has 3 aromatic rings. The molecule has 2 unspecified atom stereocenters. The highest BCUT2D eigenvalue weighted by atomic mass is 16.4. The van der Waals surface area contributed by atoms with E-state index in [2.05, 4.69) is 10.3 Å². The minimum Gasteiger partial charge on any atom is -0.481 e. The summed E-state index contributed by atoms with van der Waals surface area (Å²) in [5.74, 6) is -2.14. The first-order chi connectivity index (χ1) is 13.5. The molecule has 2 heterocycles. The lowest BCUT2D eigenvalue weighted by molar-refractivity contribution is -0.147.